The lowest BCUT2D eigenvalue weighted by Crippen LogP contribution is -2.45. The lowest BCUT2D eigenvalue weighted by molar-refractivity contribution is 0.0728. The number of hydrogen-bond acceptors (Lipinski definition) is 5. The van der Waals surface area contributed by atoms with Crippen LogP contribution in [0.4, 0.5) is 0 Å². The third-order valence-corrected chi connectivity index (χ3v) is 10.1. The molecule has 2 aromatic heterocycles. The Kier molecular flexibility index (Phi) is 9.46. The summed E-state index contributed by atoms with van der Waals surface area (Å²) in [6, 6.07) is 12.4. The van der Waals surface area contributed by atoms with Crippen LogP contribution in [0.25, 0.3) is 10.8 Å². The number of nitrogens with one attached hydrogen (secondary N) is 1. The summed E-state index contributed by atoms with van der Waals surface area (Å²) in [6.45, 7) is 14.2. The van der Waals surface area contributed by atoms with Gasteiger partial charge in [0.2, 0.25) is 0 Å². The number of piperidine rings is 1. The number of rotatable bonds is 13. The molecule has 2 saturated heterocycles. The van der Waals surface area contributed by atoms with E-state index in [0.29, 0.717) is 12.0 Å². The minimum absolute atomic E-state index is 0.0496. The molecule has 2 fully saturated rings. The molecule has 8 heteroatoms. The predicted molar refractivity (Wildman–Crippen MR) is 171 cm³/mol. The lowest BCUT2D eigenvalue weighted by atomic mass is 9.77. The molecule has 1 radical (unpaired) electrons. The van der Waals surface area contributed by atoms with Crippen LogP contribution >= 0.6 is 0 Å². The quantitative estimate of drug-likeness (QED) is 0.196. The van der Waals surface area contributed by atoms with Crippen LogP contribution < -0.4 is 0 Å². The van der Waals surface area contributed by atoms with Gasteiger partial charge in [-0.05, 0) is 105 Å². The van der Waals surface area contributed by atoms with E-state index in [1.807, 2.05) is 24.7 Å². The number of aromatic nitrogens is 4. The minimum Gasteiger partial charge on any atom is -0.348 e. The van der Waals surface area contributed by atoms with E-state index in [0.717, 1.165) is 61.1 Å². The van der Waals surface area contributed by atoms with Crippen molar-refractivity contribution < 1.29 is 5.11 Å². The van der Waals surface area contributed by atoms with Crippen molar-refractivity contribution in [2.45, 2.75) is 84.6 Å². The highest BCUT2D eigenvalue weighted by Gasteiger charge is 2.40. The smallest absolute Gasteiger partial charge is 0.179 e. The Bertz CT molecular complexity index is 1440. The van der Waals surface area contributed by atoms with Gasteiger partial charge in [0.1, 0.15) is 11.6 Å². The van der Waals surface area contributed by atoms with Crippen molar-refractivity contribution >= 4 is 10.8 Å². The van der Waals surface area contributed by atoms with Gasteiger partial charge in [-0.15, -0.1) is 0 Å². The SMILES string of the molecule is CCC(CC)N1CCC2(CCN(CCCn3ccnc3CN(Cc3ccc4cc([O])ccc4c3)Cc3ncc[nH]3)C2)CC1. The standard InChI is InChI=1S/C35H48N7O/c1-3-31(4-2)41-19-11-35(12-20-41)10-18-39(27-35)16-5-17-42-21-15-38-34(42)26-40(25-33-36-13-14-37-33)24-28-6-7-30-23-32(43)9-8-29(30)22-28/h6-9,13-15,21-23,31H,3-5,10-12,16-20,24-27H2,1-2H3,(H,36,37). The Labute approximate surface area is 256 Å². The van der Waals surface area contributed by atoms with E-state index in [9.17, 15) is 5.11 Å². The van der Waals surface area contributed by atoms with Crippen molar-refractivity contribution in [3.05, 3.63) is 78.4 Å². The van der Waals surface area contributed by atoms with E-state index in [2.05, 4.69) is 67.5 Å². The average Bonchev–Trinajstić information content (AvgIpc) is 3.78. The van der Waals surface area contributed by atoms with Crippen molar-refractivity contribution in [2.24, 2.45) is 5.41 Å². The Hall–Kier alpha value is -3.20. The van der Waals surface area contributed by atoms with E-state index >= 15 is 0 Å². The van der Waals surface area contributed by atoms with Crippen molar-refractivity contribution in [1.29, 1.82) is 0 Å². The number of benzene rings is 2. The van der Waals surface area contributed by atoms with Gasteiger partial charge in [0.15, 0.2) is 5.75 Å². The van der Waals surface area contributed by atoms with Crippen LogP contribution in [0.3, 0.4) is 0 Å². The lowest BCUT2D eigenvalue weighted by Gasteiger charge is -2.42. The summed E-state index contributed by atoms with van der Waals surface area (Å²) in [5.41, 5.74) is 1.76. The molecule has 6 rings (SSSR count). The number of H-pyrrole nitrogens is 1. The summed E-state index contributed by atoms with van der Waals surface area (Å²) in [4.78, 5) is 20.4. The van der Waals surface area contributed by atoms with Crippen LogP contribution in [-0.2, 0) is 31.3 Å². The first kappa shape index (κ1) is 29.9. The van der Waals surface area contributed by atoms with Gasteiger partial charge < -0.3 is 19.4 Å². The van der Waals surface area contributed by atoms with Crippen molar-refractivity contribution in [3.8, 4) is 5.75 Å². The second kappa shape index (κ2) is 13.6. The molecule has 43 heavy (non-hydrogen) atoms. The minimum atomic E-state index is 0.0496. The zero-order chi connectivity index (χ0) is 29.6. The fourth-order valence-corrected chi connectivity index (χ4v) is 7.55. The monoisotopic (exact) mass is 582 g/mol. The summed E-state index contributed by atoms with van der Waals surface area (Å²) in [7, 11) is 0. The molecule has 4 heterocycles. The number of aromatic amines is 1. The molecule has 1 spiro atoms. The molecule has 0 unspecified atom stereocenters. The Morgan fingerprint density at radius 3 is 2.49 bits per heavy atom. The molecular formula is C35H48N7O. The second-order valence-electron chi connectivity index (χ2n) is 12.9. The van der Waals surface area contributed by atoms with Crippen molar-refractivity contribution in [1.82, 2.24) is 34.2 Å². The van der Waals surface area contributed by atoms with Gasteiger partial charge in [0, 0.05) is 50.5 Å². The van der Waals surface area contributed by atoms with E-state index < -0.39 is 0 Å². The normalized spacial score (nSPS) is 17.7. The number of hydrogen-bond donors (Lipinski definition) is 1. The zero-order valence-electron chi connectivity index (χ0n) is 26.0. The maximum absolute atomic E-state index is 11.8. The van der Waals surface area contributed by atoms with Gasteiger partial charge >= 0.3 is 0 Å². The van der Waals surface area contributed by atoms with E-state index in [4.69, 9.17) is 4.98 Å². The molecule has 2 aliphatic heterocycles. The summed E-state index contributed by atoms with van der Waals surface area (Å²) in [6.07, 6.45) is 15.6. The maximum atomic E-state index is 11.8. The van der Waals surface area contributed by atoms with Crippen LogP contribution in [0.1, 0.15) is 69.6 Å². The molecule has 0 saturated carbocycles. The molecule has 0 amide bonds. The molecule has 229 valence electrons. The summed E-state index contributed by atoms with van der Waals surface area (Å²) >= 11 is 0. The molecule has 0 aliphatic carbocycles. The molecule has 8 nitrogen and oxygen atoms in total. The van der Waals surface area contributed by atoms with Crippen molar-refractivity contribution in [3.63, 3.8) is 0 Å². The fourth-order valence-electron chi connectivity index (χ4n) is 7.55. The first-order valence-corrected chi connectivity index (χ1v) is 16.4. The Morgan fingerprint density at radius 2 is 1.70 bits per heavy atom. The number of aryl methyl sites for hydroxylation is 1. The van der Waals surface area contributed by atoms with Crippen LogP contribution in [0.5, 0.6) is 5.75 Å². The predicted octanol–water partition coefficient (Wildman–Crippen LogP) is 6.47. The van der Waals surface area contributed by atoms with Gasteiger partial charge in [-0.2, -0.15) is 0 Å². The summed E-state index contributed by atoms with van der Waals surface area (Å²) in [5, 5.41) is 13.9. The topological polar surface area (TPSA) is 76.1 Å². The Balaban J connectivity index is 1.04. The van der Waals surface area contributed by atoms with Crippen LogP contribution in [0, 0.1) is 5.41 Å². The van der Waals surface area contributed by atoms with Gasteiger partial charge in [-0.3, -0.25) is 10.0 Å². The highest BCUT2D eigenvalue weighted by molar-refractivity contribution is 5.84. The van der Waals surface area contributed by atoms with E-state index in [1.165, 1.54) is 63.8 Å². The van der Waals surface area contributed by atoms with Crippen LogP contribution in [-0.4, -0.2) is 73.0 Å². The van der Waals surface area contributed by atoms with E-state index in [1.54, 1.807) is 12.1 Å². The summed E-state index contributed by atoms with van der Waals surface area (Å²) < 4.78 is 2.34. The molecule has 1 N–H and O–H groups in total. The van der Waals surface area contributed by atoms with E-state index in [-0.39, 0.29) is 5.75 Å². The third-order valence-electron chi connectivity index (χ3n) is 10.1. The van der Waals surface area contributed by atoms with Crippen molar-refractivity contribution in [2.75, 3.05) is 32.7 Å². The van der Waals surface area contributed by atoms with Crippen LogP contribution in [0.15, 0.2) is 61.2 Å². The molecule has 2 aromatic carbocycles. The first-order chi connectivity index (χ1) is 21.0. The highest BCUT2D eigenvalue weighted by Crippen LogP contribution is 2.41. The third kappa shape index (κ3) is 7.31. The highest BCUT2D eigenvalue weighted by atomic mass is 16.3. The number of nitrogens with zero attached hydrogens (tertiary/aromatic N) is 6. The molecule has 2 aliphatic rings. The molecule has 0 bridgehead atoms. The number of imidazole rings is 2. The molecular weight excluding hydrogens is 534 g/mol. The number of likely N-dealkylation sites (tertiary alicyclic amines) is 2. The summed E-state index contributed by atoms with van der Waals surface area (Å²) in [5.74, 6) is 2.09. The van der Waals surface area contributed by atoms with Gasteiger partial charge in [-0.1, -0.05) is 32.0 Å². The number of fused-ring (bicyclic) bond motifs is 1. The average molecular weight is 583 g/mol. The molecule has 0 atom stereocenters. The first-order valence-electron chi connectivity index (χ1n) is 16.4. The second-order valence-corrected chi connectivity index (χ2v) is 12.9. The largest absolute Gasteiger partial charge is 0.348 e. The van der Waals surface area contributed by atoms with Crippen LogP contribution in [0.2, 0.25) is 0 Å². The van der Waals surface area contributed by atoms with Gasteiger partial charge in [0.25, 0.3) is 0 Å². The maximum Gasteiger partial charge on any atom is 0.179 e. The Morgan fingerprint density at radius 1 is 0.907 bits per heavy atom. The van der Waals surface area contributed by atoms with Gasteiger partial charge in [0.05, 0.1) is 13.1 Å². The van der Waals surface area contributed by atoms with Gasteiger partial charge in [-0.25, -0.2) is 9.97 Å². The fraction of sp³-hybridized carbons (Fsp3) is 0.543. The zero-order valence-corrected chi connectivity index (χ0v) is 26.0. The molecule has 4 aromatic rings.